The fraction of sp³-hybridized carbons (Fsp3) is 0.444. The summed E-state index contributed by atoms with van der Waals surface area (Å²) in [6.07, 6.45) is 2.24. The third kappa shape index (κ3) is 5.13. The molecule has 3 rings (SSSR count). The zero-order valence-electron chi connectivity index (χ0n) is 15.1. The predicted molar refractivity (Wildman–Crippen MR) is 110 cm³/mol. The Balaban J connectivity index is 0.00000243. The Bertz CT molecular complexity index is 821. The highest BCUT2D eigenvalue weighted by Gasteiger charge is 2.29. The van der Waals surface area contributed by atoms with Crippen LogP contribution in [-0.4, -0.2) is 38.8 Å². The standard InChI is InChI=1S/C18H24N2O3S2.ClH/c1-13-12-18-17(8-11-24-18)14(2)20(13)9-10-23-16-6-4-15(5-7-16)19-25(3,21)22;/h4-8,11,13-14,19H,9-10,12H2,1-3H3;1H/t13-,14+;/m1./s1. The Labute approximate surface area is 165 Å². The Morgan fingerprint density at radius 1 is 1.23 bits per heavy atom. The summed E-state index contributed by atoms with van der Waals surface area (Å²) < 4.78 is 30.7. The number of fused-ring (bicyclic) bond motifs is 1. The van der Waals surface area contributed by atoms with Crippen LogP contribution in [0.5, 0.6) is 5.75 Å². The number of hydrogen-bond acceptors (Lipinski definition) is 5. The molecule has 1 aliphatic heterocycles. The number of benzene rings is 1. The molecule has 0 bridgehead atoms. The Kier molecular flexibility index (Phi) is 6.96. The van der Waals surface area contributed by atoms with Crippen LogP contribution in [0.25, 0.3) is 0 Å². The number of hydrogen-bond donors (Lipinski definition) is 1. The molecule has 2 heterocycles. The van der Waals surface area contributed by atoms with Crippen molar-refractivity contribution in [2.45, 2.75) is 32.4 Å². The van der Waals surface area contributed by atoms with Crippen molar-refractivity contribution in [1.29, 1.82) is 0 Å². The van der Waals surface area contributed by atoms with E-state index in [1.54, 1.807) is 24.3 Å². The van der Waals surface area contributed by atoms with Gasteiger partial charge in [-0.2, -0.15) is 0 Å². The summed E-state index contributed by atoms with van der Waals surface area (Å²) in [4.78, 5) is 3.99. The zero-order valence-corrected chi connectivity index (χ0v) is 17.6. The van der Waals surface area contributed by atoms with Crippen LogP contribution < -0.4 is 9.46 Å². The molecule has 0 amide bonds. The fourth-order valence-corrected chi connectivity index (χ4v) is 5.01. The SMILES string of the molecule is C[C@@H]1Cc2sccc2[C@H](C)N1CCOc1ccc(NS(C)(=O)=O)cc1.Cl. The van der Waals surface area contributed by atoms with E-state index in [1.165, 1.54) is 10.4 Å². The van der Waals surface area contributed by atoms with Gasteiger partial charge in [-0.25, -0.2) is 8.42 Å². The van der Waals surface area contributed by atoms with Gasteiger partial charge in [-0.05, 0) is 61.5 Å². The van der Waals surface area contributed by atoms with Crippen molar-refractivity contribution in [2.75, 3.05) is 24.1 Å². The lowest BCUT2D eigenvalue weighted by Crippen LogP contribution is -2.42. The van der Waals surface area contributed by atoms with Gasteiger partial charge in [0.1, 0.15) is 12.4 Å². The second kappa shape index (κ2) is 8.61. The number of anilines is 1. The van der Waals surface area contributed by atoms with E-state index in [1.807, 2.05) is 11.3 Å². The van der Waals surface area contributed by atoms with Crippen LogP contribution in [0.3, 0.4) is 0 Å². The number of nitrogens with zero attached hydrogens (tertiary/aromatic N) is 1. The van der Waals surface area contributed by atoms with Crippen LogP contribution >= 0.6 is 23.7 Å². The van der Waals surface area contributed by atoms with Crippen molar-refractivity contribution >= 4 is 39.5 Å². The lowest BCUT2D eigenvalue weighted by molar-refractivity contribution is 0.114. The molecule has 8 heteroatoms. The molecule has 2 atom stereocenters. The lowest BCUT2D eigenvalue weighted by atomic mass is 9.96. The van der Waals surface area contributed by atoms with Gasteiger partial charge >= 0.3 is 0 Å². The van der Waals surface area contributed by atoms with Crippen molar-refractivity contribution in [3.8, 4) is 5.75 Å². The summed E-state index contributed by atoms with van der Waals surface area (Å²) in [5.74, 6) is 0.743. The summed E-state index contributed by atoms with van der Waals surface area (Å²) in [5.41, 5.74) is 1.98. The van der Waals surface area contributed by atoms with Gasteiger partial charge in [0.05, 0.1) is 6.26 Å². The van der Waals surface area contributed by atoms with Gasteiger partial charge in [0.15, 0.2) is 0 Å². The maximum atomic E-state index is 11.2. The maximum Gasteiger partial charge on any atom is 0.229 e. The molecule has 144 valence electrons. The van der Waals surface area contributed by atoms with Crippen molar-refractivity contribution in [1.82, 2.24) is 4.90 Å². The zero-order chi connectivity index (χ0) is 18.0. The van der Waals surface area contributed by atoms with Gasteiger partial charge in [-0.1, -0.05) is 0 Å². The third-order valence-electron chi connectivity index (χ3n) is 4.55. The molecule has 0 unspecified atom stereocenters. The largest absolute Gasteiger partial charge is 0.492 e. The maximum absolute atomic E-state index is 11.2. The third-order valence-corrected chi connectivity index (χ3v) is 6.12. The predicted octanol–water partition coefficient (Wildman–Crippen LogP) is 3.93. The van der Waals surface area contributed by atoms with Crippen LogP contribution in [0.2, 0.25) is 0 Å². The van der Waals surface area contributed by atoms with E-state index < -0.39 is 10.0 Å². The molecule has 1 N–H and O–H groups in total. The molecule has 1 aromatic heterocycles. The number of sulfonamides is 1. The van der Waals surface area contributed by atoms with E-state index >= 15 is 0 Å². The molecular formula is C18H25ClN2O3S2. The van der Waals surface area contributed by atoms with E-state index in [-0.39, 0.29) is 12.4 Å². The second-order valence-electron chi connectivity index (χ2n) is 6.51. The van der Waals surface area contributed by atoms with Gasteiger partial charge in [-0.3, -0.25) is 9.62 Å². The second-order valence-corrected chi connectivity index (χ2v) is 9.26. The molecule has 0 saturated heterocycles. The van der Waals surface area contributed by atoms with Gasteiger partial charge in [0.2, 0.25) is 10.0 Å². The number of rotatable bonds is 6. The Morgan fingerprint density at radius 2 is 1.92 bits per heavy atom. The normalized spacial score (nSPS) is 20.1. The summed E-state index contributed by atoms with van der Waals surface area (Å²) in [6.45, 7) is 5.99. The highest BCUT2D eigenvalue weighted by molar-refractivity contribution is 7.92. The van der Waals surface area contributed by atoms with Crippen LogP contribution in [0.4, 0.5) is 5.69 Å². The highest BCUT2D eigenvalue weighted by Crippen LogP contribution is 2.35. The molecule has 2 aromatic rings. The van der Waals surface area contributed by atoms with E-state index in [0.29, 0.717) is 24.4 Å². The summed E-state index contributed by atoms with van der Waals surface area (Å²) in [7, 11) is -3.25. The minimum Gasteiger partial charge on any atom is -0.492 e. The van der Waals surface area contributed by atoms with E-state index in [0.717, 1.165) is 25.0 Å². The quantitative estimate of drug-likeness (QED) is 0.775. The van der Waals surface area contributed by atoms with Gasteiger partial charge in [0, 0.05) is 29.2 Å². The smallest absolute Gasteiger partial charge is 0.229 e. The minimum absolute atomic E-state index is 0. The first-order valence-electron chi connectivity index (χ1n) is 8.36. The topological polar surface area (TPSA) is 58.6 Å². The monoisotopic (exact) mass is 416 g/mol. The molecule has 0 fully saturated rings. The number of nitrogens with one attached hydrogen (secondary N) is 1. The first-order valence-corrected chi connectivity index (χ1v) is 11.1. The van der Waals surface area contributed by atoms with Crippen molar-refractivity contribution in [3.05, 3.63) is 46.2 Å². The molecular weight excluding hydrogens is 392 g/mol. The average Bonchev–Trinajstić information content (AvgIpc) is 2.99. The molecule has 0 radical (unpaired) electrons. The summed E-state index contributed by atoms with van der Waals surface area (Å²) in [6, 6.07) is 10.1. The van der Waals surface area contributed by atoms with Crippen LogP contribution in [0.15, 0.2) is 35.7 Å². The molecule has 1 aromatic carbocycles. The van der Waals surface area contributed by atoms with E-state index in [4.69, 9.17) is 4.74 Å². The molecule has 1 aliphatic rings. The minimum atomic E-state index is -3.25. The molecule has 0 aliphatic carbocycles. The highest BCUT2D eigenvalue weighted by atomic mass is 35.5. The van der Waals surface area contributed by atoms with Gasteiger partial charge in [0.25, 0.3) is 0 Å². The first-order chi connectivity index (χ1) is 11.8. The van der Waals surface area contributed by atoms with Crippen molar-refractivity contribution in [3.63, 3.8) is 0 Å². The van der Waals surface area contributed by atoms with E-state index in [9.17, 15) is 8.42 Å². The molecule has 0 spiro atoms. The van der Waals surface area contributed by atoms with Gasteiger partial charge < -0.3 is 4.74 Å². The number of ether oxygens (including phenoxy) is 1. The van der Waals surface area contributed by atoms with Crippen LogP contribution in [0, 0.1) is 0 Å². The van der Waals surface area contributed by atoms with E-state index in [2.05, 4.69) is 34.9 Å². The average molecular weight is 417 g/mol. The van der Waals surface area contributed by atoms with Crippen LogP contribution in [0.1, 0.15) is 30.3 Å². The first kappa shape index (κ1) is 21.0. The Morgan fingerprint density at radius 3 is 2.58 bits per heavy atom. The summed E-state index contributed by atoms with van der Waals surface area (Å²) >= 11 is 1.85. The van der Waals surface area contributed by atoms with Gasteiger partial charge in [-0.15, -0.1) is 23.7 Å². The van der Waals surface area contributed by atoms with Crippen LogP contribution in [-0.2, 0) is 16.4 Å². The lowest BCUT2D eigenvalue weighted by Gasteiger charge is -2.38. The molecule has 5 nitrogen and oxygen atoms in total. The van der Waals surface area contributed by atoms with Crippen molar-refractivity contribution < 1.29 is 13.2 Å². The Hall–Kier alpha value is -1.28. The number of halogens is 1. The molecule has 26 heavy (non-hydrogen) atoms. The fourth-order valence-electron chi connectivity index (χ4n) is 3.35. The van der Waals surface area contributed by atoms with Crippen molar-refractivity contribution in [2.24, 2.45) is 0 Å². The molecule has 0 saturated carbocycles. The summed E-state index contributed by atoms with van der Waals surface area (Å²) in [5, 5.41) is 2.18. The number of thiophene rings is 1.